The summed E-state index contributed by atoms with van der Waals surface area (Å²) in [5, 5.41) is 0. The lowest BCUT2D eigenvalue weighted by atomic mass is 9.81. The van der Waals surface area contributed by atoms with Gasteiger partial charge >= 0.3 is 0 Å². The Kier molecular flexibility index (Phi) is 4.41. The van der Waals surface area contributed by atoms with Crippen LogP contribution in [0.3, 0.4) is 0 Å². The van der Waals surface area contributed by atoms with Crippen LogP contribution in [-0.2, 0) is 0 Å². The number of rotatable bonds is 3. The molecule has 0 aliphatic carbocycles. The van der Waals surface area contributed by atoms with Gasteiger partial charge in [-0.25, -0.2) is 0 Å². The Labute approximate surface area is 107 Å². The Balaban J connectivity index is 3.33. The van der Waals surface area contributed by atoms with E-state index in [-0.39, 0.29) is 0 Å². The summed E-state index contributed by atoms with van der Waals surface area (Å²) < 4.78 is 0. The summed E-state index contributed by atoms with van der Waals surface area (Å²) in [4.78, 5) is 0. The van der Waals surface area contributed by atoms with E-state index in [4.69, 9.17) is 0 Å². The molecule has 0 bridgehead atoms. The SMILES string of the molecule is Cc1c(C)c(C)c(C(C)CC(C)C)c(C)c1C. The van der Waals surface area contributed by atoms with Gasteiger partial charge in [0.2, 0.25) is 0 Å². The Bertz CT molecular complexity index is 382. The highest BCUT2D eigenvalue weighted by Crippen LogP contribution is 2.34. The van der Waals surface area contributed by atoms with Gasteiger partial charge in [0.25, 0.3) is 0 Å². The van der Waals surface area contributed by atoms with Crippen LogP contribution >= 0.6 is 0 Å². The van der Waals surface area contributed by atoms with E-state index in [0.29, 0.717) is 5.92 Å². The molecule has 0 heterocycles. The van der Waals surface area contributed by atoms with E-state index in [0.717, 1.165) is 5.92 Å². The lowest BCUT2D eigenvalue weighted by Gasteiger charge is -2.24. The minimum Gasteiger partial charge on any atom is -0.0628 e. The normalized spacial score (nSPS) is 13.2. The van der Waals surface area contributed by atoms with Crippen molar-refractivity contribution in [3.8, 4) is 0 Å². The average molecular weight is 232 g/mol. The molecule has 1 atom stereocenters. The van der Waals surface area contributed by atoms with Crippen LogP contribution in [0.15, 0.2) is 0 Å². The Morgan fingerprint density at radius 1 is 0.647 bits per heavy atom. The molecule has 0 aliphatic heterocycles. The first-order chi connectivity index (χ1) is 7.77. The van der Waals surface area contributed by atoms with Crippen molar-refractivity contribution >= 4 is 0 Å². The Morgan fingerprint density at radius 3 is 1.35 bits per heavy atom. The smallest absolute Gasteiger partial charge is 0.0183 e. The fourth-order valence-electron chi connectivity index (χ4n) is 3.09. The van der Waals surface area contributed by atoms with Crippen LogP contribution in [0.2, 0.25) is 0 Å². The van der Waals surface area contributed by atoms with Crippen molar-refractivity contribution in [2.75, 3.05) is 0 Å². The van der Waals surface area contributed by atoms with E-state index in [1.54, 1.807) is 5.56 Å². The van der Waals surface area contributed by atoms with E-state index in [9.17, 15) is 0 Å². The molecule has 0 nitrogen and oxygen atoms in total. The van der Waals surface area contributed by atoms with Crippen molar-refractivity contribution in [3.63, 3.8) is 0 Å². The molecule has 1 aromatic carbocycles. The second kappa shape index (κ2) is 5.25. The fraction of sp³-hybridized carbons (Fsp3) is 0.647. The first kappa shape index (κ1) is 14.3. The lowest BCUT2D eigenvalue weighted by Crippen LogP contribution is -2.08. The molecule has 0 saturated heterocycles. The van der Waals surface area contributed by atoms with Crippen LogP contribution < -0.4 is 0 Å². The van der Waals surface area contributed by atoms with E-state index in [1.165, 1.54) is 34.2 Å². The quantitative estimate of drug-likeness (QED) is 0.656. The van der Waals surface area contributed by atoms with Gasteiger partial charge in [0.15, 0.2) is 0 Å². The van der Waals surface area contributed by atoms with E-state index >= 15 is 0 Å². The van der Waals surface area contributed by atoms with Crippen LogP contribution in [0, 0.1) is 40.5 Å². The molecule has 96 valence electrons. The standard InChI is InChI=1S/C17H28/c1-10(2)9-11(3)17-15(7)13(5)12(4)14(6)16(17)8/h10-11H,9H2,1-8H3. The third-order valence-corrected chi connectivity index (χ3v) is 4.38. The van der Waals surface area contributed by atoms with Gasteiger partial charge in [-0.3, -0.25) is 0 Å². The van der Waals surface area contributed by atoms with Crippen molar-refractivity contribution in [1.29, 1.82) is 0 Å². The van der Waals surface area contributed by atoms with Crippen molar-refractivity contribution in [2.24, 2.45) is 5.92 Å². The van der Waals surface area contributed by atoms with Gasteiger partial charge in [-0.05, 0) is 86.3 Å². The number of hydrogen-bond donors (Lipinski definition) is 0. The molecule has 0 fully saturated rings. The van der Waals surface area contributed by atoms with E-state index in [1.807, 2.05) is 0 Å². The van der Waals surface area contributed by atoms with Crippen LogP contribution in [0.5, 0.6) is 0 Å². The van der Waals surface area contributed by atoms with Crippen LogP contribution in [-0.4, -0.2) is 0 Å². The highest BCUT2D eigenvalue weighted by molar-refractivity contribution is 5.50. The summed E-state index contributed by atoms with van der Waals surface area (Å²) in [7, 11) is 0. The van der Waals surface area contributed by atoms with Gasteiger partial charge in [-0.15, -0.1) is 0 Å². The molecular weight excluding hydrogens is 204 g/mol. The van der Waals surface area contributed by atoms with Crippen LogP contribution in [0.25, 0.3) is 0 Å². The zero-order valence-corrected chi connectivity index (χ0v) is 12.9. The minimum absolute atomic E-state index is 0.674. The predicted octanol–water partition coefficient (Wildman–Crippen LogP) is 5.38. The molecule has 0 aliphatic rings. The lowest BCUT2D eigenvalue weighted by molar-refractivity contribution is 0.520. The molecule has 0 heteroatoms. The van der Waals surface area contributed by atoms with Crippen molar-refractivity contribution < 1.29 is 0 Å². The van der Waals surface area contributed by atoms with E-state index < -0.39 is 0 Å². The van der Waals surface area contributed by atoms with Gasteiger partial charge in [0.05, 0.1) is 0 Å². The van der Waals surface area contributed by atoms with Gasteiger partial charge in [-0.1, -0.05) is 20.8 Å². The molecule has 0 N–H and O–H groups in total. The van der Waals surface area contributed by atoms with Crippen LogP contribution in [0.1, 0.15) is 66.5 Å². The predicted molar refractivity (Wildman–Crippen MR) is 78.0 cm³/mol. The molecule has 17 heavy (non-hydrogen) atoms. The van der Waals surface area contributed by atoms with Gasteiger partial charge in [0, 0.05) is 0 Å². The molecule has 0 saturated carbocycles. The monoisotopic (exact) mass is 232 g/mol. The summed E-state index contributed by atoms with van der Waals surface area (Å²) in [5.41, 5.74) is 9.06. The fourth-order valence-corrected chi connectivity index (χ4v) is 3.09. The molecule has 1 unspecified atom stereocenters. The maximum absolute atomic E-state index is 2.38. The molecular formula is C17H28. The second-order valence-electron chi connectivity index (χ2n) is 6.07. The molecule has 1 aromatic rings. The Morgan fingerprint density at radius 2 is 1.00 bits per heavy atom. The van der Waals surface area contributed by atoms with Crippen LogP contribution in [0.4, 0.5) is 0 Å². The number of benzene rings is 1. The first-order valence-corrected chi connectivity index (χ1v) is 6.84. The maximum atomic E-state index is 2.38. The van der Waals surface area contributed by atoms with Gasteiger partial charge in [-0.2, -0.15) is 0 Å². The highest BCUT2D eigenvalue weighted by Gasteiger charge is 2.17. The number of hydrogen-bond acceptors (Lipinski definition) is 0. The topological polar surface area (TPSA) is 0 Å². The third-order valence-electron chi connectivity index (χ3n) is 4.38. The molecule has 0 aromatic heterocycles. The maximum Gasteiger partial charge on any atom is -0.0183 e. The summed E-state index contributed by atoms with van der Waals surface area (Å²) in [6.07, 6.45) is 1.28. The second-order valence-corrected chi connectivity index (χ2v) is 6.07. The van der Waals surface area contributed by atoms with Crippen molar-refractivity contribution in [2.45, 2.75) is 67.7 Å². The molecule has 0 spiro atoms. The zero-order valence-electron chi connectivity index (χ0n) is 12.9. The third kappa shape index (κ3) is 2.73. The summed E-state index contributed by atoms with van der Waals surface area (Å²) >= 11 is 0. The first-order valence-electron chi connectivity index (χ1n) is 6.84. The Hall–Kier alpha value is -0.780. The summed E-state index contributed by atoms with van der Waals surface area (Å²) in [5.74, 6) is 1.44. The minimum atomic E-state index is 0.674. The summed E-state index contributed by atoms with van der Waals surface area (Å²) in [6, 6.07) is 0. The molecule has 0 amide bonds. The molecule has 1 rings (SSSR count). The average Bonchev–Trinajstić information content (AvgIpc) is 2.23. The van der Waals surface area contributed by atoms with Gasteiger partial charge < -0.3 is 0 Å². The largest absolute Gasteiger partial charge is 0.0628 e. The van der Waals surface area contributed by atoms with Crippen molar-refractivity contribution in [1.82, 2.24) is 0 Å². The zero-order chi connectivity index (χ0) is 13.3. The van der Waals surface area contributed by atoms with Crippen molar-refractivity contribution in [3.05, 3.63) is 33.4 Å². The van der Waals surface area contributed by atoms with Gasteiger partial charge in [0.1, 0.15) is 0 Å². The highest BCUT2D eigenvalue weighted by atomic mass is 14.2. The van der Waals surface area contributed by atoms with E-state index in [2.05, 4.69) is 55.4 Å². The molecule has 0 radical (unpaired) electrons. The summed E-state index contributed by atoms with van der Waals surface area (Å²) in [6.45, 7) is 18.4.